The summed E-state index contributed by atoms with van der Waals surface area (Å²) >= 11 is 0. The van der Waals surface area contributed by atoms with Crippen LogP contribution in [0.3, 0.4) is 0 Å². The summed E-state index contributed by atoms with van der Waals surface area (Å²) in [6.45, 7) is 2.02. The molecule has 1 aliphatic heterocycles. The fourth-order valence-electron chi connectivity index (χ4n) is 2.82. The van der Waals surface area contributed by atoms with E-state index in [1.165, 1.54) is 0 Å². The molecule has 25 heavy (non-hydrogen) atoms. The smallest absolute Gasteiger partial charge is 0.334 e. The van der Waals surface area contributed by atoms with Crippen LogP contribution in [0.2, 0.25) is 0 Å². The van der Waals surface area contributed by atoms with Gasteiger partial charge in [0.15, 0.2) is 0 Å². The number of hydrogen-bond acceptors (Lipinski definition) is 2. The topological polar surface area (TPSA) is 58.2 Å². The molecule has 0 aromatic heterocycles. The van der Waals surface area contributed by atoms with Crippen LogP contribution in [0.1, 0.15) is 39.0 Å². The van der Waals surface area contributed by atoms with E-state index in [9.17, 15) is 9.59 Å². The number of rotatable bonds is 7. The monoisotopic (exact) mass is 382 g/mol. The quantitative estimate of drug-likeness (QED) is 0.525. The van der Waals surface area contributed by atoms with E-state index >= 15 is 0 Å². The van der Waals surface area contributed by atoms with Crippen LogP contribution in [0.4, 0.5) is 4.79 Å². The molecule has 0 aromatic carbocycles. The average molecular weight is 382 g/mol. The van der Waals surface area contributed by atoms with Crippen LogP contribution in [0.15, 0.2) is 0 Å². The van der Waals surface area contributed by atoms with Crippen LogP contribution in [-0.2, 0) is 21.9 Å². The molecule has 2 amide bonds. The maximum atomic E-state index is 11.8. The Morgan fingerprint density at radius 3 is 2.04 bits per heavy atom. The molecule has 134 valence electrons. The zero-order chi connectivity index (χ0) is 17.2. The van der Waals surface area contributed by atoms with Crippen molar-refractivity contribution in [1.29, 1.82) is 0 Å². The summed E-state index contributed by atoms with van der Waals surface area (Å²) in [4.78, 5) is 22.9. The third kappa shape index (κ3) is 8.59. The summed E-state index contributed by atoms with van der Waals surface area (Å²) in [6, 6.07) is 0.376. The molecule has 1 saturated heterocycles. The number of carbonyl (C=O) groups excluding carboxylic acids is 2. The van der Waals surface area contributed by atoms with Gasteiger partial charge < -0.3 is 10.6 Å². The van der Waals surface area contributed by atoms with Gasteiger partial charge in [-0.2, -0.15) is 0 Å². The number of Topliss-reactive ketones (excluding diaryl/α,β-unsaturated/α-hetero) is 1. The van der Waals surface area contributed by atoms with Gasteiger partial charge in [-0.05, 0) is 77.6 Å². The first-order chi connectivity index (χ1) is 11.7. The summed E-state index contributed by atoms with van der Waals surface area (Å²) in [5.74, 6) is 1.05. The average Bonchev–Trinajstić information content (AvgIpc) is 3.31. The largest absolute Gasteiger partial charge is 2.00 e. The normalized spacial score (nSPS) is 25.6. The van der Waals surface area contributed by atoms with Crippen LogP contribution in [0.5, 0.6) is 0 Å². The summed E-state index contributed by atoms with van der Waals surface area (Å²) in [7, 11) is 0. The number of ketones is 1. The van der Waals surface area contributed by atoms with E-state index in [4.69, 9.17) is 0 Å². The van der Waals surface area contributed by atoms with Crippen molar-refractivity contribution in [3.63, 3.8) is 0 Å². The van der Waals surface area contributed by atoms with Gasteiger partial charge in [-0.3, -0.25) is 4.79 Å². The number of urea groups is 1. The maximum Gasteiger partial charge on any atom is 2.00 e. The summed E-state index contributed by atoms with van der Waals surface area (Å²) < 4.78 is 0. The number of hydrogen-bond donors (Lipinski definition) is 2. The van der Waals surface area contributed by atoms with Gasteiger partial charge in [-0.15, -0.1) is 0 Å². The van der Waals surface area contributed by atoms with Crippen molar-refractivity contribution < 1.29 is 26.7 Å². The van der Waals surface area contributed by atoms with Gasteiger partial charge in [-0.1, -0.05) is 12.8 Å². The molecule has 5 heteroatoms. The molecule has 4 nitrogen and oxygen atoms in total. The Labute approximate surface area is 164 Å². The predicted molar refractivity (Wildman–Crippen MR) is 95.0 cm³/mol. The van der Waals surface area contributed by atoms with Crippen LogP contribution in [-0.4, -0.2) is 23.9 Å². The Morgan fingerprint density at radius 2 is 1.52 bits per heavy atom. The minimum absolute atomic E-state index is 0. The fraction of sp³-hybridized carbons (Fsp3) is 0.400. The molecule has 3 rings (SSSR count). The second kappa shape index (κ2) is 12.8. The van der Waals surface area contributed by atoms with Crippen LogP contribution < -0.4 is 10.6 Å². The molecule has 1 heterocycles. The van der Waals surface area contributed by atoms with Gasteiger partial charge in [0.25, 0.3) is 0 Å². The van der Waals surface area contributed by atoms with Crippen molar-refractivity contribution in [2.45, 2.75) is 51.1 Å². The first-order valence-electron chi connectivity index (χ1n) is 8.65. The van der Waals surface area contributed by atoms with Crippen molar-refractivity contribution in [2.24, 2.45) is 0 Å². The Hall–Kier alpha value is -0.541. The predicted octanol–water partition coefficient (Wildman–Crippen LogP) is 3.00. The zero-order valence-corrected chi connectivity index (χ0v) is 15.7. The van der Waals surface area contributed by atoms with E-state index in [2.05, 4.69) is 10.6 Å². The molecule has 0 aromatic rings. The Bertz CT molecular complexity index is 386. The van der Waals surface area contributed by atoms with E-state index in [0.717, 1.165) is 31.6 Å². The van der Waals surface area contributed by atoms with Gasteiger partial charge in [0.05, 0.1) is 6.04 Å². The van der Waals surface area contributed by atoms with Gasteiger partial charge >= 0.3 is 23.1 Å². The molecule has 2 aliphatic carbocycles. The molecule has 0 unspecified atom stereocenters. The third-order valence-corrected chi connectivity index (χ3v) is 4.24. The SMILES string of the molecule is C[C@@H]1NC(=O)N[C@@H]1CCCCCC(=O)[C]1[CH][CH][CH][CH]1.[CH]1[CH][CH][CH][CH]1.[Fe+2]. The third-order valence-electron chi connectivity index (χ3n) is 4.24. The van der Waals surface area contributed by atoms with E-state index in [-0.39, 0.29) is 41.0 Å². The number of unbranched alkanes of at least 4 members (excludes halogenated alkanes) is 2. The van der Waals surface area contributed by atoms with E-state index < -0.39 is 0 Å². The first-order valence-corrected chi connectivity index (χ1v) is 8.65. The number of nitrogens with one attached hydrogen (secondary N) is 2. The van der Waals surface area contributed by atoms with Crippen molar-refractivity contribution in [3.05, 3.63) is 63.7 Å². The van der Waals surface area contributed by atoms with Gasteiger partial charge in [0.2, 0.25) is 0 Å². The maximum absolute atomic E-state index is 11.8. The first kappa shape index (κ1) is 22.5. The van der Waals surface area contributed by atoms with Gasteiger partial charge in [0.1, 0.15) is 5.78 Å². The Balaban J connectivity index is 0.000000448. The molecule has 0 spiro atoms. The molecule has 0 bridgehead atoms. The molecule has 10 radical (unpaired) electrons. The van der Waals surface area contributed by atoms with E-state index in [0.29, 0.717) is 6.42 Å². The van der Waals surface area contributed by atoms with Gasteiger partial charge in [0, 0.05) is 18.4 Å². The molecule has 2 N–H and O–H groups in total. The Morgan fingerprint density at radius 1 is 0.920 bits per heavy atom. The summed E-state index contributed by atoms with van der Waals surface area (Å²) in [5.41, 5.74) is 0. The molecule has 3 fully saturated rings. The second-order valence-corrected chi connectivity index (χ2v) is 6.17. The van der Waals surface area contributed by atoms with Gasteiger partial charge in [-0.25, -0.2) is 4.79 Å². The molecular weight excluding hydrogens is 356 g/mol. The fourth-order valence-corrected chi connectivity index (χ4v) is 2.82. The number of amides is 2. The molecule has 2 saturated carbocycles. The standard InChI is InChI=1S/C15H21N2O2.C5H5.Fe/c1-11-13(17-15(19)16-11)9-3-2-4-10-14(18)12-7-5-6-8-12;1-2-4-5-3-1;/h5-8,11,13H,2-4,9-10H2,1H3,(H2,16,17,19);1-5H;/q;;+2/t11-,13+;;/m0../s1. The molecule has 3 aliphatic rings. The van der Waals surface area contributed by atoms with Crippen molar-refractivity contribution in [2.75, 3.05) is 0 Å². The second-order valence-electron chi connectivity index (χ2n) is 6.17. The van der Waals surface area contributed by atoms with Crippen molar-refractivity contribution in [3.8, 4) is 0 Å². The number of carbonyl (C=O) groups is 2. The minimum Gasteiger partial charge on any atom is -0.334 e. The zero-order valence-electron chi connectivity index (χ0n) is 14.6. The van der Waals surface area contributed by atoms with Crippen LogP contribution in [0.25, 0.3) is 0 Å². The Kier molecular flexibility index (Phi) is 11.5. The molecular formula is C20H26FeN2O2+2. The van der Waals surface area contributed by atoms with Crippen LogP contribution in [0, 0.1) is 63.7 Å². The van der Waals surface area contributed by atoms with Crippen molar-refractivity contribution in [1.82, 2.24) is 10.6 Å². The van der Waals surface area contributed by atoms with Crippen LogP contribution >= 0.6 is 0 Å². The van der Waals surface area contributed by atoms with E-state index in [1.807, 2.05) is 64.7 Å². The summed E-state index contributed by atoms with van der Waals surface area (Å²) in [6.07, 6.45) is 22.1. The van der Waals surface area contributed by atoms with E-state index in [1.54, 1.807) is 0 Å². The summed E-state index contributed by atoms with van der Waals surface area (Å²) in [5, 5.41) is 5.75. The molecule has 2 atom stereocenters. The minimum atomic E-state index is -0.0658. The van der Waals surface area contributed by atoms with Crippen molar-refractivity contribution >= 4 is 11.8 Å².